The molecule has 0 aliphatic carbocycles. The molecule has 0 aromatic carbocycles. The number of thiol groups is 1. The van der Waals surface area contributed by atoms with Gasteiger partial charge in [0.25, 0.3) is 0 Å². The van der Waals surface area contributed by atoms with E-state index in [2.05, 4.69) is 12.6 Å². The van der Waals surface area contributed by atoms with E-state index in [4.69, 9.17) is 0 Å². The minimum atomic E-state index is -4.07. The summed E-state index contributed by atoms with van der Waals surface area (Å²) in [5.41, 5.74) is 0. The summed E-state index contributed by atoms with van der Waals surface area (Å²) in [6.45, 7) is -0.286. The van der Waals surface area contributed by atoms with Gasteiger partial charge in [0, 0.05) is 0 Å². The van der Waals surface area contributed by atoms with Gasteiger partial charge in [-0.2, -0.15) is 25.8 Å². The minimum absolute atomic E-state index is 0.520. The molecule has 0 unspecified atom stereocenters. The molecule has 0 N–H and O–H groups in total. The van der Waals surface area contributed by atoms with Crippen molar-refractivity contribution < 1.29 is 13.2 Å². The molecule has 5 heteroatoms. The van der Waals surface area contributed by atoms with Crippen molar-refractivity contribution >= 4 is 12.6 Å². The summed E-state index contributed by atoms with van der Waals surface area (Å²) < 4.78 is 35.7. The quantitative estimate of drug-likeness (QED) is 0.519. The van der Waals surface area contributed by atoms with E-state index in [0.717, 1.165) is 31.4 Å². The molecule has 0 bridgehead atoms. The van der Waals surface area contributed by atoms with Crippen LogP contribution in [-0.2, 0) is 0 Å². The zero-order valence-corrected chi connectivity index (χ0v) is 9.37. The Kier molecular flexibility index (Phi) is 7.45. The Balaban J connectivity index is 3.31. The topological polar surface area (TPSA) is 3.24 Å². The Morgan fingerprint density at radius 2 is 1.64 bits per heavy atom. The highest BCUT2D eigenvalue weighted by Gasteiger charge is 2.28. The molecule has 0 radical (unpaired) electrons. The van der Waals surface area contributed by atoms with Crippen LogP contribution < -0.4 is 0 Å². The molecule has 0 amide bonds. The number of hydrogen-bond acceptors (Lipinski definition) is 2. The first kappa shape index (κ1) is 14.1. The summed E-state index contributed by atoms with van der Waals surface area (Å²) in [6.07, 6.45) is -0.140. The molecular weight excluding hydrogens is 211 g/mol. The second kappa shape index (κ2) is 7.40. The lowest BCUT2D eigenvalue weighted by Gasteiger charge is -2.18. The molecule has 0 atom stereocenters. The average molecular weight is 229 g/mol. The highest BCUT2D eigenvalue weighted by molar-refractivity contribution is 7.80. The molecule has 0 aromatic rings. The SMILES string of the molecule is CN(CCCCCCS)CC(F)(F)F. The fourth-order valence-electron chi connectivity index (χ4n) is 1.23. The van der Waals surface area contributed by atoms with E-state index in [0.29, 0.717) is 6.54 Å². The molecule has 0 aliphatic heterocycles. The van der Waals surface area contributed by atoms with E-state index in [1.165, 1.54) is 11.9 Å². The third kappa shape index (κ3) is 10.2. The van der Waals surface area contributed by atoms with Crippen LogP contribution in [0.25, 0.3) is 0 Å². The molecule has 1 nitrogen and oxygen atoms in total. The molecule has 0 aliphatic rings. The molecule has 0 aromatic heterocycles. The fraction of sp³-hybridized carbons (Fsp3) is 1.00. The van der Waals surface area contributed by atoms with E-state index in [1.807, 2.05) is 0 Å². The lowest BCUT2D eigenvalue weighted by atomic mass is 10.2. The zero-order chi connectivity index (χ0) is 11.0. The van der Waals surface area contributed by atoms with E-state index in [9.17, 15) is 13.2 Å². The van der Waals surface area contributed by atoms with Crippen LogP contribution in [0, 0.1) is 0 Å². The van der Waals surface area contributed by atoms with Crippen molar-refractivity contribution in [2.75, 3.05) is 25.9 Å². The summed E-state index contributed by atoms with van der Waals surface area (Å²) in [7, 11) is 1.51. The van der Waals surface area contributed by atoms with Crippen LogP contribution >= 0.6 is 12.6 Å². The maximum Gasteiger partial charge on any atom is 0.401 e. The fourth-order valence-corrected chi connectivity index (χ4v) is 1.46. The van der Waals surface area contributed by atoms with Gasteiger partial charge in [-0.05, 0) is 32.2 Å². The Hall–Kier alpha value is 0.100. The second-order valence-electron chi connectivity index (χ2n) is 3.49. The van der Waals surface area contributed by atoms with Crippen LogP contribution in [0.2, 0.25) is 0 Å². The summed E-state index contributed by atoms with van der Waals surface area (Å²) in [4.78, 5) is 1.32. The van der Waals surface area contributed by atoms with Crippen molar-refractivity contribution in [2.45, 2.75) is 31.9 Å². The van der Waals surface area contributed by atoms with Crippen LogP contribution in [0.3, 0.4) is 0 Å². The van der Waals surface area contributed by atoms with Crippen LogP contribution in [0.4, 0.5) is 13.2 Å². The van der Waals surface area contributed by atoms with E-state index < -0.39 is 12.7 Å². The van der Waals surface area contributed by atoms with E-state index in [-0.39, 0.29) is 0 Å². The minimum Gasteiger partial charge on any atom is -0.298 e. The number of unbranched alkanes of at least 4 members (excludes halogenated alkanes) is 3. The summed E-state index contributed by atoms with van der Waals surface area (Å²) in [5, 5.41) is 0. The van der Waals surface area contributed by atoms with Crippen molar-refractivity contribution in [3.63, 3.8) is 0 Å². The van der Waals surface area contributed by atoms with Crippen molar-refractivity contribution in [2.24, 2.45) is 0 Å². The Labute approximate surface area is 89.1 Å². The molecule has 0 heterocycles. The molecule has 0 rings (SSSR count). The van der Waals surface area contributed by atoms with Crippen LogP contribution in [0.5, 0.6) is 0 Å². The molecule has 0 fully saturated rings. The number of nitrogens with zero attached hydrogens (tertiary/aromatic N) is 1. The van der Waals surface area contributed by atoms with Gasteiger partial charge in [-0.25, -0.2) is 0 Å². The summed E-state index contributed by atoms with van der Waals surface area (Å²) in [5.74, 6) is 0.860. The molecule has 0 saturated heterocycles. The van der Waals surface area contributed by atoms with Crippen LogP contribution in [0.15, 0.2) is 0 Å². The van der Waals surface area contributed by atoms with Gasteiger partial charge in [0.2, 0.25) is 0 Å². The van der Waals surface area contributed by atoms with Crippen LogP contribution in [0.1, 0.15) is 25.7 Å². The number of hydrogen-bond donors (Lipinski definition) is 1. The number of alkyl halides is 3. The standard InChI is InChI=1S/C9H18F3NS/c1-13(8-9(10,11)12)6-4-2-3-5-7-14/h14H,2-8H2,1H3. The smallest absolute Gasteiger partial charge is 0.298 e. The Morgan fingerprint density at radius 1 is 1.07 bits per heavy atom. The van der Waals surface area contributed by atoms with E-state index >= 15 is 0 Å². The maximum absolute atomic E-state index is 11.9. The van der Waals surface area contributed by atoms with Gasteiger partial charge in [0.15, 0.2) is 0 Å². The molecule has 14 heavy (non-hydrogen) atoms. The maximum atomic E-state index is 11.9. The highest BCUT2D eigenvalue weighted by Crippen LogP contribution is 2.15. The Morgan fingerprint density at radius 3 is 2.14 bits per heavy atom. The second-order valence-corrected chi connectivity index (χ2v) is 3.94. The largest absolute Gasteiger partial charge is 0.401 e. The van der Waals surface area contributed by atoms with Crippen molar-refractivity contribution in [3.8, 4) is 0 Å². The average Bonchev–Trinajstić information content (AvgIpc) is 2.00. The van der Waals surface area contributed by atoms with Gasteiger partial charge in [-0.1, -0.05) is 12.8 Å². The third-order valence-electron chi connectivity index (χ3n) is 1.90. The monoisotopic (exact) mass is 229 g/mol. The molecule has 0 saturated carbocycles. The first-order valence-electron chi connectivity index (χ1n) is 4.82. The predicted octanol–water partition coefficient (Wildman–Crippen LogP) is 2.97. The molecular formula is C9H18F3NS. The molecule has 86 valence electrons. The van der Waals surface area contributed by atoms with Gasteiger partial charge in [0.05, 0.1) is 6.54 Å². The first-order valence-corrected chi connectivity index (χ1v) is 5.45. The van der Waals surface area contributed by atoms with Gasteiger partial charge in [0.1, 0.15) is 0 Å². The van der Waals surface area contributed by atoms with Crippen molar-refractivity contribution in [1.29, 1.82) is 0 Å². The normalized spacial score (nSPS) is 12.4. The highest BCUT2D eigenvalue weighted by atomic mass is 32.1. The number of halogens is 3. The van der Waals surface area contributed by atoms with E-state index in [1.54, 1.807) is 0 Å². The summed E-state index contributed by atoms with van der Waals surface area (Å²) >= 11 is 4.06. The number of rotatable bonds is 7. The lowest BCUT2D eigenvalue weighted by molar-refractivity contribution is -0.143. The zero-order valence-electron chi connectivity index (χ0n) is 8.48. The van der Waals surface area contributed by atoms with Crippen molar-refractivity contribution in [1.82, 2.24) is 4.90 Å². The van der Waals surface area contributed by atoms with Gasteiger partial charge in [-0.15, -0.1) is 0 Å². The first-order chi connectivity index (χ1) is 6.45. The third-order valence-corrected chi connectivity index (χ3v) is 2.21. The van der Waals surface area contributed by atoms with Crippen LogP contribution in [-0.4, -0.2) is 37.0 Å². The molecule has 0 spiro atoms. The predicted molar refractivity (Wildman–Crippen MR) is 55.9 cm³/mol. The van der Waals surface area contributed by atoms with Crippen molar-refractivity contribution in [3.05, 3.63) is 0 Å². The Bertz CT molecular complexity index is 139. The van der Waals surface area contributed by atoms with Gasteiger partial charge < -0.3 is 0 Å². The van der Waals surface area contributed by atoms with Gasteiger partial charge in [-0.3, -0.25) is 4.90 Å². The summed E-state index contributed by atoms with van der Waals surface area (Å²) in [6, 6.07) is 0. The van der Waals surface area contributed by atoms with Gasteiger partial charge >= 0.3 is 6.18 Å². The lowest BCUT2D eigenvalue weighted by Crippen LogP contribution is -2.31.